The van der Waals surface area contributed by atoms with Crippen molar-refractivity contribution in [1.82, 2.24) is 19.7 Å². The molecule has 0 N–H and O–H groups in total. The first-order valence-corrected chi connectivity index (χ1v) is 9.74. The van der Waals surface area contributed by atoms with Gasteiger partial charge in [0.1, 0.15) is 0 Å². The summed E-state index contributed by atoms with van der Waals surface area (Å²) < 4.78 is 1.89. The maximum Gasteiger partial charge on any atom is 0.253 e. The van der Waals surface area contributed by atoms with E-state index in [0.29, 0.717) is 6.54 Å². The minimum absolute atomic E-state index is 0.103. The minimum atomic E-state index is 0.103. The molecule has 0 aliphatic carbocycles. The van der Waals surface area contributed by atoms with Gasteiger partial charge in [-0.3, -0.25) is 4.79 Å². The zero-order chi connectivity index (χ0) is 18.2. The van der Waals surface area contributed by atoms with Crippen molar-refractivity contribution in [3.05, 3.63) is 59.9 Å². The summed E-state index contributed by atoms with van der Waals surface area (Å²) in [6.07, 6.45) is 5.53. The SMILES string of the molecule is O=C(c1ccccc1)N1CCC(c2nnn3cc(N4CCCC4)ccc23)C1. The number of hydrogen-bond acceptors (Lipinski definition) is 4. The van der Waals surface area contributed by atoms with Gasteiger partial charge in [-0.05, 0) is 43.5 Å². The van der Waals surface area contributed by atoms with Gasteiger partial charge in [0.05, 0.1) is 23.1 Å². The molecule has 0 radical (unpaired) electrons. The first kappa shape index (κ1) is 16.3. The molecule has 2 aromatic heterocycles. The van der Waals surface area contributed by atoms with E-state index in [1.54, 1.807) is 0 Å². The topological polar surface area (TPSA) is 53.7 Å². The summed E-state index contributed by atoms with van der Waals surface area (Å²) in [7, 11) is 0. The molecule has 138 valence electrons. The van der Waals surface area contributed by atoms with Gasteiger partial charge < -0.3 is 9.80 Å². The standard InChI is InChI=1S/C21H23N5O/c27-21(16-6-2-1-3-7-16)25-13-10-17(14-25)20-19-9-8-18(15-26(19)23-22-20)24-11-4-5-12-24/h1-3,6-9,15,17H,4-5,10-14H2. The Labute approximate surface area is 158 Å². The van der Waals surface area contributed by atoms with Crippen LogP contribution in [0.15, 0.2) is 48.7 Å². The number of likely N-dealkylation sites (tertiary alicyclic amines) is 1. The molecule has 27 heavy (non-hydrogen) atoms. The lowest BCUT2D eigenvalue weighted by Gasteiger charge is -2.17. The van der Waals surface area contributed by atoms with Crippen LogP contribution in [0.1, 0.15) is 41.2 Å². The van der Waals surface area contributed by atoms with Crippen molar-refractivity contribution in [2.75, 3.05) is 31.1 Å². The van der Waals surface area contributed by atoms with E-state index in [1.807, 2.05) is 39.7 Å². The Morgan fingerprint density at radius 2 is 1.81 bits per heavy atom. The fraction of sp³-hybridized carbons (Fsp3) is 0.381. The van der Waals surface area contributed by atoms with Crippen molar-refractivity contribution in [2.45, 2.75) is 25.2 Å². The lowest BCUT2D eigenvalue weighted by molar-refractivity contribution is 0.0790. The van der Waals surface area contributed by atoms with Crippen LogP contribution < -0.4 is 4.90 Å². The van der Waals surface area contributed by atoms with Gasteiger partial charge in [0.2, 0.25) is 0 Å². The van der Waals surface area contributed by atoms with Crippen LogP contribution in [-0.4, -0.2) is 51.8 Å². The Bertz CT molecular complexity index is 961. The largest absolute Gasteiger partial charge is 0.370 e. The number of pyridine rings is 1. The van der Waals surface area contributed by atoms with Crippen LogP contribution in [0, 0.1) is 0 Å². The second kappa shape index (κ2) is 6.68. The lowest BCUT2D eigenvalue weighted by Crippen LogP contribution is -2.28. The number of fused-ring (bicyclic) bond motifs is 1. The molecule has 2 aliphatic heterocycles. The summed E-state index contributed by atoms with van der Waals surface area (Å²) in [6, 6.07) is 13.8. The molecule has 1 unspecified atom stereocenters. The molecular formula is C21H23N5O. The van der Waals surface area contributed by atoms with Gasteiger partial charge in [0, 0.05) is 37.7 Å². The Hall–Kier alpha value is -2.89. The summed E-state index contributed by atoms with van der Waals surface area (Å²) in [4.78, 5) is 17.0. The van der Waals surface area contributed by atoms with Crippen LogP contribution in [0.4, 0.5) is 5.69 Å². The summed E-state index contributed by atoms with van der Waals surface area (Å²) in [6.45, 7) is 3.71. The maximum absolute atomic E-state index is 12.7. The predicted octanol–water partition coefficient (Wildman–Crippen LogP) is 2.96. The minimum Gasteiger partial charge on any atom is -0.370 e. The van der Waals surface area contributed by atoms with Crippen LogP contribution in [-0.2, 0) is 0 Å². The van der Waals surface area contributed by atoms with E-state index in [1.165, 1.54) is 18.5 Å². The summed E-state index contributed by atoms with van der Waals surface area (Å²) in [5.41, 5.74) is 4.02. The molecule has 3 aromatic rings. The third kappa shape index (κ3) is 2.95. The molecule has 1 atom stereocenters. The maximum atomic E-state index is 12.7. The second-order valence-corrected chi connectivity index (χ2v) is 7.49. The summed E-state index contributed by atoms with van der Waals surface area (Å²) in [5, 5.41) is 8.83. The van der Waals surface area contributed by atoms with Gasteiger partial charge in [0.15, 0.2) is 0 Å². The van der Waals surface area contributed by atoms with E-state index >= 15 is 0 Å². The molecule has 6 nitrogen and oxygen atoms in total. The van der Waals surface area contributed by atoms with E-state index in [4.69, 9.17) is 0 Å². The molecule has 2 saturated heterocycles. The van der Waals surface area contributed by atoms with Gasteiger partial charge in [-0.15, -0.1) is 5.10 Å². The number of amides is 1. The van der Waals surface area contributed by atoms with Crippen LogP contribution in [0.25, 0.3) is 5.52 Å². The quantitative estimate of drug-likeness (QED) is 0.720. The Balaban J connectivity index is 1.36. The van der Waals surface area contributed by atoms with Crippen molar-refractivity contribution in [2.24, 2.45) is 0 Å². The third-order valence-electron chi connectivity index (χ3n) is 5.78. The van der Waals surface area contributed by atoms with Crippen LogP contribution in [0.2, 0.25) is 0 Å². The third-order valence-corrected chi connectivity index (χ3v) is 5.78. The van der Waals surface area contributed by atoms with Crippen LogP contribution >= 0.6 is 0 Å². The van der Waals surface area contributed by atoms with Crippen molar-refractivity contribution in [1.29, 1.82) is 0 Å². The van der Waals surface area contributed by atoms with Crippen molar-refractivity contribution >= 4 is 17.1 Å². The Morgan fingerprint density at radius 1 is 1.00 bits per heavy atom. The Morgan fingerprint density at radius 3 is 2.63 bits per heavy atom. The Kier molecular flexibility index (Phi) is 4.03. The molecule has 0 saturated carbocycles. The molecule has 4 heterocycles. The molecule has 5 rings (SSSR count). The van der Waals surface area contributed by atoms with Gasteiger partial charge >= 0.3 is 0 Å². The van der Waals surface area contributed by atoms with E-state index < -0.39 is 0 Å². The number of benzene rings is 1. The number of carbonyl (C=O) groups is 1. The average Bonchev–Trinajstić information content (AvgIpc) is 3.47. The number of anilines is 1. The highest BCUT2D eigenvalue weighted by molar-refractivity contribution is 5.94. The fourth-order valence-corrected chi connectivity index (χ4v) is 4.29. The number of nitrogens with zero attached hydrogens (tertiary/aromatic N) is 5. The first-order valence-electron chi connectivity index (χ1n) is 9.74. The van der Waals surface area contributed by atoms with E-state index in [2.05, 4.69) is 33.5 Å². The molecule has 6 heteroatoms. The van der Waals surface area contributed by atoms with E-state index in [-0.39, 0.29) is 11.8 Å². The molecule has 1 amide bonds. The highest BCUT2D eigenvalue weighted by Gasteiger charge is 2.31. The highest BCUT2D eigenvalue weighted by Crippen LogP contribution is 2.30. The molecule has 0 bridgehead atoms. The monoisotopic (exact) mass is 361 g/mol. The van der Waals surface area contributed by atoms with Gasteiger partial charge in [0.25, 0.3) is 5.91 Å². The second-order valence-electron chi connectivity index (χ2n) is 7.49. The van der Waals surface area contributed by atoms with Crippen LogP contribution in [0.5, 0.6) is 0 Å². The van der Waals surface area contributed by atoms with Crippen molar-refractivity contribution in [3.8, 4) is 0 Å². The lowest BCUT2D eigenvalue weighted by atomic mass is 10.0. The molecule has 2 aliphatic rings. The number of aromatic nitrogens is 3. The average molecular weight is 361 g/mol. The number of rotatable bonds is 3. The van der Waals surface area contributed by atoms with Crippen LogP contribution in [0.3, 0.4) is 0 Å². The van der Waals surface area contributed by atoms with Gasteiger partial charge in [-0.1, -0.05) is 23.4 Å². The highest BCUT2D eigenvalue weighted by atomic mass is 16.2. The zero-order valence-electron chi connectivity index (χ0n) is 15.3. The predicted molar refractivity (Wildman–Crippen MR) is 104 cm³/mol. The van der Waals surface area contributed by atoms with E-state index in [0.717, 1.165) is 42.8 Å². The molecule has 1 aromatic carbocycles. The van der Waals surface area contributed by atoms with Crippen molar-refractivity contribution < 1.29 is 4.79 Å². The molecular weight excluding hydrogens is 338 g/mol. The number of carbonyl (C=O) groups excluding carboxylic acids is 1. The van der Waals surface area contributed by atoms with Crippen molar-refractivity contribution in [3.63, 3.8) is 0 Å². The summed E-state index contributed by atoms with van der Waals surface area (Å²) >= 11 is 0. The molecule has 0 spiro atoms. The van der Waals surface area contributed by atoms with E-state index in [9.17, 15) is 4.79 Å². The normalized spacial score (nSPS) is 19.9. The smallest absolute Gasteiger partial charge is 0.253 e. The summed E-state index contributed by atoms with van der Waals surface area (Å²) in [5.74, 6) is 0.346. The number of hydrogen-bond donors (Lipinski definition) is 0. The molecule has 2 fully saturated rings. The van der Waals surface area contributed by atoms with Gasteiger partial charge in [-0.25, -0.2) is 4.52 Å². The zero-order valence-corrected chi connectivity index (χ0v) is 15.3. The first-order chi connectivity index (χ1) is 13.3. The fourth-order valence-electron chi connectivity index (χ4n) is 4.29. The van der Waals surface area contributed by atoms with Gasteiger partial charge in [-0.2, -0.15) is 0 Å².